The molecule has 0 spiro atoms. The van der Waals surface area contributed by atoms with Crippen LogP contribution in [0.5, 0.6) is 0 Å². The zero-order chi connectivity index (χ0) is 20.7. The summed E-state index contributed by atoms with van der Waals surface area (Å²) >= 11 is 1.18. The predicted molar refractivity (Wildman–Crippen MR) is 109 cm³/mol. The first kappa shape index (κ1) is 20.9. The molecule has 1 aromatic carbocycles. The highest BCUT2D eigenvalue weighted by Crippen LogP contribution is 2.21. The number of carbonyl (C=O) groups is 1. The molecule has 10 heteroatoms. The van der Waals surface area contributed by atoms with Gasteiger partial charge in [0.2, 0.25) is 5.91 Å². The topological polar surface area (TPSA) is 107 Å². The van der Waals surface area contributed by atoms with E-state index in [1.807, 2.05) is 0 Å². The Hall–Kier alpha value is -2.85. The summed E-state index contributed by atoms with van der Waals surface area (Å²) in [5, 5.41) is 11.3. The van der Waals surface area contributed by atoms with Crippen LogP contribution >= 0.6 is 11.8 Å². The van der Waals surface area contributed by atoms with Gasteiger partial charge in [0.05, 0.1) is 23.5 Å². The average Bonchev–Trinajstić information content (AvgIpc) is 3.36. The summed E-state index contributed by atoms with van der Waals surface area (Å²) in [6, 6.07) is 11.7. The lowest BCUT2D eigenvalue weighted by atomic mass is 10.4. The maximum absolute atomic E-state index is 12.6. The molecule has 0 radical (unpaired) electrons. The molecule has 0 saturated heterocycles. The van der Waals surface area contributed by atoms with Crippen LogP contribution in [0, 0.1) is 0 Å². The minimum Gasteiger partial charge on any atom is -0.467 e. The number of amides is 1. The van der Waals surface area contributed by atoms with Crippen molar-refractivity contribution in [2.24, 2.45) is 0 Å². The van der Waals surface area contributed by atoms with Gasteiger partial charge in [0.1, 0.15) is 17.3 Å². The number of hydrogen-bond donors (Lipinski definition) is 1. The van der Waals surface area contributed by atoms with Gasteiger partial charge in [0.25, 0.3) is 0 Å². The molecule has 1 amide bonds. The van der Waals surface area contributed by atoms with E-state index in [0.29, 0.717) is 29.8 Å². The SMILES string of the molecule is C=CCn1c(CS(=O)(=O)c2ccccc2)nnc1SCC(=O)NCc1ccco1. The summed E-state index contributed by atoms with van der Waals surface area (Å²) in [4.78, 5) is 12.3. The number of benzene rings is 1. The van der Waals surface area contributed by atoms with E-state index in [1.54, 1.807) is 59.4 Å². The quantitative estimate of drug-likeness (QED) is 0.387. The molecule has 0 saturated carbocycles. The fourth-order valence-corrected chi connectivity index (χ4v) is 4.59. The molecule has 0 aliphatic heterocycles. The number of sulfone groups is 1. The van der Waals surface area contributed by atoms with Crippen molar-refractivity contribution >= 4 is 27.5 Å². The number of thioether (sulfide) groups is 1. The van der Waals surface area contributed by atoms with Crippen molar-refractivity contribution < 1.29 is 17.6 Å². The molecule has 0 aliphatic rings. The smallest absolute Gasteiger partial charge is 0.230 e. The molecule has 0 fully saturated rings. The van der Waals surface area contributed by atoms with E-state index in [9.17, 15) is 13.2 Å². The van der Waals surface area contributed by atoms with Crippen LogP contribution in [0.25, 0.3) is 0 Å². The van der Waals surface area contributed by atoms with Gasteiger partial charge in [-0.05, 0) is 24.3 Å². The molecule has 3 rings (SSSR count). The van der Waals surface area contributed by atoms with Crippen LogP contribution < -0.4 is 5.32 Å². The largest absolute Gasteiger partial charge is 0.467 e. The second-order valence-electron chi connectivity index (χ2n) is 6.01. The molecule has 152 valence electrons. The van der Waals surface area contributed by atoms with Crippen molar-refractivity contribution in [3.05, 3.63) is 73.0 Å². The van der Waals surface area contributed by atoms with Gasteiger partial charge in [-0.25, -0.2) is 8.42 Å². The van der Waals surface area contributed by atoms with Crippen molar-refractivity contribution in [3.63, 3.8) is 0 Å². The van der Waals surface area contributed by atoms with Crippen molar-refractivity contribution in [1.82, 2.24) is 20.1 Å². The average molecular weight is 433 g/mol. The van der Waals surface area contributed by atoms with E-state index in [0.717, 1.165) is 0 Å². The van der Waals surface area contributed by atoms with Crippen LogP contribution in [0.1, 0.15) is 11.6 Å². The Balaban J connectivity index is 1.66. The van der Waals surface area contributed by atoms with Crippen LogP contribution in [0.2, 0.25) is 0 Å². The number of rotatable bonds is 10. The molecule has 0 atom stereocenters. The van der Waals surface area contributed by atoms with Gasteiger partial charge in [-0.1, -0.05) is 36.0 Å². The van der Waals surface area contributed by atoms with Gasteiger partial charge in [-0.2, -0.15) is 0 Å². The lowest BCUT2D eigenvalue weighted by Crippen LogP contribution is -2.24. The maximum Gasteiger partial charge on any atom is 0.230 e. The van der Waals surface area contributed by atoms with Gasteiger partial charge >= 0.3 is 0 Å². The molecule has 0 bridgehead atoms. The monoisotopic (exact) mass is 432 g/mol. The van der Waals surface area contributed by atoms with Crippen LogP contribution in [0.3, 0.4) is 0 Å². The van der Waals surface area contributed by atoms with E-state index < -0.39 is 9.84 Å². The highest BCUT2D eigenvalue weighted by molar-refractivity contribution is 7.99. The highest BCUT2D eigenvalue weighted by Gasteiger charge is 2.21. The van der Waals surface area contributed by atoms with Crippen LogP contribution in [0.4, 0.5) is 0 Å². The van der Waals surface area contributed by atoms with Gasteiger partial charge in [0, 0.05) is 6.54 Å². The third-order valence-corrected chi connectivity index (χ3v) is 6.49. The van der Waals surface area contributed by atoms with Gasteiger partial charge in [0.15, 0.2) is 15.0 Å². The molecular formula is C19H20N4O4S2. The van der Waals surface area contributed by atoms with Gasteiger partial charge in [-0.15, -0.1) is 16.8 Å². The maximum atomic E-state index is 12.6. The first-order valence-corrected chi connectivity index (χ1v) is 11.4. The number of carbonyl (C=O) groups excluding carboxylic acids is 1. The Morgan fingerprint density at radius 1 is 1.21 bits per heavy atom. The third kappa shape index (κ3) is 5.58. The molecule has 2 aromatic heterocycles. The molecule has 29 heavy (non-hydrogen) atoms. The summed E-state index contributed by atoms with van der Waals surface area (Å²) in [6.07, 6.45) is 3.17. The van der Waals surface area contributed by atoms with Crippen LogP contribution in [-0.4, -0.2) is 34.8 Å². The number of allylic oxidation sites excluding steroid dienone is 1. The summed E-state index contributed by atoms with van der Waals surface area (Å²) in [7, 11) is -3.56. The Morgan fingerprint density at radius 3 is 2.69 bits per heavy atom. The van der Waals surface area contributed by atoms with Crippen molar-refractivity contribution in [2.75, 3.05) is 5.75 Å². The predicted octanol–water partition coefficient (Wildman–Crippen LogP) is 2.44. The fourth-order valence-electron chi connectivity index (χ4n) is 2.51. The minimum absolute atomic E-state index is 0.113. The summed E-state index contributed by atoms with van der Waals surface area (Å²) < 4.78 is 32.1. The van der Waals surface area contributed by atoms with Gasteiger partial charge < -0.3 is 14.3 Å². The second-order valence-corrected chi connectivity index (χ2v) is 8.95. The van der Waals surface area contributed by atoms with Crippen LogP contribution in [0.15, 0.2) is 75.9 Å². The number of nitrogens with zero attached hydrogens (tertiary/aromatic N) is 3. The Morgan fingerprint density at radius 2 is 2.00 bits per heavy atom. The lowest BCUT2D eigenvalue weighted by molar-refractivity contribution is -0.118. The molecule has 0 unspecified atom stereocenters. The van der Waals surface area contributed by atoms with E-state index in [2.05, 4.69) is 22.1 Å². The molecule has 2 heterocycles. The van der Waals surface area contributed by atoms with E-state index in [4.69, 9.17) is 4.42 Å². The Labute approximate surface area is 172 Å². The van der Waals surface area contributed by atoms with Crippen LogP contribution in [-0.2, 0) is 33.5 Å². The normalized spacial score (nSPS) is 11.3. The summed E-state index contributed by atoms with van der Waals surface area (Å²) in [6.45, 7) is 4.34. The van der Waals surface area contributed by atoms with E-state index >= 15 is 0 Å². The lowest BCUT2D eigenvalue weighted by Gasteiger charge is -2.08. The van der Waals surface area contributed by atoms with Crippen molar-refractivity contribution in [3.8, 4) is 0 Å². The van der Waals surface area contributed by atoms with E-state index in [-0.39, 0.29) is 22.3 Å². The molecule has 1 N–H and O–H groups in total. The highest BCUT2D eigenvalue weighted by atomic mass is 32.2. The molecular weight excluding hydrogens is 412 g/mol. The molecule has 3 aromatic rings. The minimum atomic E-state index is -3.56. The summed E-state index contributed by atoms with van der Waals surface area (Å²) in [5.74, 6) is 0.585. The van der Waals surface area contributed by atoms with Crippen molar-refractivity contribution in [1.29, 1.82) is 0 Å². The number of hydrogen-bond acceptors (Lipinski definition) is 7. The number of aromatic nitrogens is 3. The number of nitrogens with one attached hydrogen (secondary N) is 1. The zero-order valence-corrected chi connectivity index (χ0v) is 17.2. The van der Waals surface area contributed by atoms with Gasteiger partial charge in [-0.3, -0.25) is 4.79 Å². The molecule has 8 nitrogen and oxygen atoms in total. The second kappa shape index (κ2) is 9.57. The van der Waals surface area contributed by atoms with E-state index in [1.165, 1.54) is 11.8 Å². The standard InChI is InChI=1S/C19H20N4O4S2/c1-2-10-23-17(14-29(25,26)16-8-4-3-5-9-16)21-22-19(23)28-13-18(24)20-12-15-7-6-11-27-15/h2-9,11H,1,10,12-14H2,(H,20,24). The Bertz CT molecular complexity index is 1060. The summed E-state index contributed by atoms with van der Waals surface area (Å²) in [5.41, 5.74) is 0. The first-order valence-electron chi connectivity index (χ1n) is 8.72. The first-order chi connectivity index (χ1) is 14.0. The molecule has 0 aliphatic carbocycles. The number of furan rings is 1. The zero-order valence-electron chi connectivity index (χ0n) is 15.5. The van der Waals surface area contributed by atoms with Crippen molar-refractivity contribution in [2.45, 2.75) is 28.9 Å². The third-order valence-electron chi connectivity index (χ3n) is 3.90. The Kier molecular flexibility index (Phi) is 6.89. The fraction of sp³-hybridized carbons (Fsp3) is 0.211.